The van der Waals surface area contributed by atoms with Crippen molar-refractivity contribution in [1.29, 1.82) is 0 Å². The van der Waals surface area contributed by atoms with Crippen LogP contribution in [0, 0.1) is 0 Å². The first kappa shape index (κ1) is 12.3. The Morgan fingerprint density at radius 2 is 1.69 bits per heavy atom. The van der Waals surface area contributed by atoms with Crippen LogP contribution >= 0.6 is 0 Å². The van der Waals surface area contributed by atoms with Crippen LogP contribution in [0.2, 0.25) is 0 Å². The first-order chi connectivity index (χ1) is 7.79. The molecule has 0 nitrogen and oxygen atoms in total. The van der Waals surface area contributed by atoms with Crippen molar-refractivity contribution in [2.24, 2.45) is 0 Å². The average molecular weight is 210 g/mol. The molecule has 0 aliphatic heterocycles. The summed E-state index contributed by atoms with van der Waals surface area (Å²) in [5, 5.41) is 0. The topological polar surface area (TPSA) is 0 Å². The standard InChI is InChI=1S/C10H10.C6H8/c1-8-6-7-9-4-2-3-5-10(8)9;1-3-5-6-4-2/h2-8H,1H3;3-6H,1-2H2/b;6-5-. The molecule has 0 bridgehead atoms. The van der Waals surface area contributed by atoms with E-state index in [1.165, 1.54) is 11.1 Å². The van der Waals surface area contributed by atoms with Gasteiger partial charge in [-0.15, -0.1) is 0 Å². The van der Waals surface area contributed by atoms with Gasteiger partial charge in [0.15, 0.2) is 0 Å². The van der Waals surface area contributed by atoms with Crippen LogP contribution in [0.25, 0.3) is 6.08 Å². The lowest BCUT2D eigenvalue weighted by Crippen LogP contribution is -1.84. The van der Waals surface area contributed by atoms with Crippen molar-refractivity contribution in [2.45, 2.75) is 12.8 Å². The van der Waals surface area contributed by atoms with Gasteiger partial charge in [0.2, 0.25) is 0 Å². The van der Waals surface area contributed by atoms with E-state index in [2.05, 4.69) is 56.5 Å². The molecule has 0 radical (unpaired) electrons. The van der Waals surface area contributed by atoms with Crippen molar-refractivity contribution in [3.05, 3.63) is 78.9 Å². The molecule has 2 rings (SSSR count). The minimum Gasteiger partial charge on any atom is -0.0991 e. The molecule has 82 valence electrons. The van der Waals surface area contributed by atoms with Crippen molar-refractivity contribution in [3.8, 4) is 0 Å². The van der Waals surface area contributed by atoms with Gasteiger partial charge >= 0.3 is 0 Å². The van der Waals surface area contributed by atoms with Crippen LogP contribution < -0.4 is 0 Å². The van der Waals surface area contributed by atoms with Crippen LogP contribution in [0.15, 0.2) is 67.8 Å². The maximum absolute atomic E-state index is 3.46. The van der Waals surface area contributed by atoms with Crippen molar-refractivity contribution in [3.63, 3.8) is 0 Å². The molecule has 1 aromatic rings. The quantitative estimate of drug-likeness (QED) is 0.619. The fraction of sp³-hybridized carbons (Fsp3) is 0.125. The van der Waals surface area contributed by atoms with E-state index in [0.29, 0.717) is 5.92 Å². The SMILES string of the molecule is C=C/C=C\C=C.CC1C=Cc2ccccc21. The number of fused-ring (bicyclic) bond motifs is 1. The van der Waals surface area contributed by atoms with E-state index in [9.17, 15) is 0 Å². The van der Waals surface area contributed by atoms with Gasteiger partial charge in [0.05, 0.1) is 0 Å². The van der Waals surface area contributed by atoms with Crippen LogP contribution in [0.1, 0.15) is 24.0 Å². The molecule has 0 heterocycles. The molecule has 0 amide bonds. The second-order valence-electron chi connectivity index (χ2n) is 3.63. The highest BCUT2D eigenvalue weighted by atomic mass is 14.1. The lowest BCUT2D eigenvalue weighted by atomic mass is 10.0. The summed E-state index contributed by atoms with van der Waals surface area (Å²) in [5.74, 6) is 0.621. The van der Waals surface area contributed by atoms with Gasteiger partial charge in [-0.05, 0) is 17.0 Å². The van der Waals surface area contributed by atoms with Gasteiger partial charge < -0.3 is 0 Å². The minimum absolute atomic E-state index is 0.621. The number of rotatable bonds is 2. The van der Waals surface area contributed by atoms with E-state index in [1.54, 1.807) is 12.2 Å². The average Bonchev–Trinajstić information content (AvgIpc) is 2.70. The molecule has 0 saturated carbocycles. The molecule has 1 unspecified atom stereocenters. The van der Waals surface area contributed by atoms with E-state index in [1.807, 2.05) is 12.2 Å². The van der Waals surface area contributed by atoms with Crippen LogP contribution in [0.5, 0.6) is 0 Å². The summed E-state index contributed by atoms with van der Waals surface area (Å²) in [6.07, 6.45) is 11.5. The monoisotopic (exact) mass is 210 g/mol. The van der Waals surface area contributed by atoms with E-state index in [4.69, 9.17) is 0 Å². The highest BCUT2D eigenvalue weighted by molar-refractivity contribution is 5.61. The second kappa shape index (κ2) is 6.62. The molecule has 1 aliphatic carbocycles. The summed E-state index contributed by atoms with van der Waals surface area (Å²) < 4.78 is 0. The Morgan fingerprint density at radius 3 is 2.25 bits per heavy atom. The number of hydrogen-bond acceptors (Lipinski definition) is 0. The molecular formula is C16H18. The van der Waals surface area contributed by atoms with Crippen LogP contribution in [0.3, 0.4) is 0 Å². The largest absolute Gasteiger partial charge is 0.0991 e. The smallest absolute Gasteiger partial charge is 0.000118 e. The van der Waals surface area contributed by atoms with E-state index < -0.39 is 0 Å². The molecule has 0 N–H and O–H groups in total. The first-order valence-corrected chi connectivity index (χ1v) is 5.47. The fourth-order valence-electron chi connectivity index (χ4n) is 1.59. The predicted octanol–water partition coefficient (Wildman–Crippen LogP) is 4.73. The summed E-state index contributed by atoms with van der Waals surface area (Å²) in [5.41, 5.74) is 2.84. The molecule has 16 heavy (non-hydrogen) atoms. The lowest BCUT2D eigenvalue weighted by Gasteiger charge is -2.01. The Balaban J connectivity index is 0.000000187. The third-order valence-electron chi connectivity index (χ3n) is 2.43. The van der Waals surface area contributed by atoms with Crippen LogP contribution in [0.4, 0.5) is 0 Å². The van der Waals surface area contributed by atoms with Gasteiger partial charge in [-0.3, -0.25) is 0 Å². The van der Waals surface area contributed by atoms with Crippen molar-refractivity contribution >= 4 is 6.08 Å². The maximum atomic E-state index is 3.46. The highest BCUT2D eigenvalue weighted by Gasteiger charge is 2.09. The Hall–Kier alpha value is -1.82. The number of hydrogen-bond donors (Lipinski definition) is 0. The van der Waals surface area contributed by atoms with Crippen molar-refractivity contribution in [2.75, 3.05) is 0 Å². The van der Waals surface area contributed by atoms with E-state index in [0.717, 1.165) is 0 Å². The zero-order valence-corrected chi connectivity index (χ0v) is 9.77. The predicted molar refractivity (Wildman–Crippen MR) is 73.4 cm³/mol. The fourth-order valence-corrected chi connectivity index (χ4v) is 1.59. The highest BCUT2D eigenvalue weighted by Crippen LogP contribution is 2.28. The number of allylic oxidation sites excluding steroid dienone is 5. The van der Waals surface area contributed by atoms with Gasteiger partial charge in [0.25, 0.3) is 0 Å². The molecule has 0 fully saturated rings. The Labute approximate surface area is 98.3 Å². The summed E-state index contributed by atoms with van der Waals surface area (Å²) in [4.78, 5) is 0. The third kappa shape index (κ3) is 3.39. The van der Waals surface area contributed by atoms with Gasteiger partial charge in [0.1, 0.15) is 0 Å². The normalized spacial score (nSPS) is 16.4. The zero-order chi connectivity index (χ0) is 11.8. The van der Waals surface area contributed by atoms with Crippen molar-refractivity contribution in [1.82, 2.24) is 0 Å². The van der Waals surface area contributed by atoms with Gasteiger partial charge in [-0.2, -0.15) is 0 Å². The van der Waals surface area contributed by atoms with Gasteiger partial charge in [-0.25, -0.2) is 0 Å². The molecule has 0 heteroatoms. The molecule has 0 aromatic heterocycles. The summed E-state index contributed by atoms with van der Waals surface area (Å²) in [6.45, 7) is 9.15. The summed E-state index contributed by atoms with van der Waals surface area (Å²) >= 11 is 0. The molecular weight excluding hydrogens is 192 g/mol. The Morgan fingerprint density at radius 1 is 1.06 bits per heavy atom. The lowest BCUT2D eigenvalue weighted by molar-refractivity contribution is 0.990. The molecule has 1 atom stereocenters. The Kier molecular flexibility index (Phi) is 5.07. The molecule has 1 aliphatic rings. The van der Waals surface area contributed by atoms with Gasteiger partial charge in [0, 0.05) is 0 Å². The second-order valence-corrected chi connectivity index (χ2v) is 3.63. The van der Waals surface area contributed by atoms with Crippen molar-refractivity contribution < 1.29 is 0 Å². The minimum atomic E-state index is 0.621. The zero-order valence-electron chi connectivity index (χ0n) is 9.77. The Bertz CT molecular complexity index is 398. The van der Waals surface area contributed by atoms with E-state index >= 15 is 0 Å². The summed E-state index contributed by atoms with van der Waals surface area (Å²) in [7, 11) is 0. The van der Waals surface area contributed by atoms with Gasteiger partial charge in [-0.1, -0.05) is 80.8 Å². The van der Waals surface area contributed by atoms with E-state index in [-0.39, 0.29) is 0 Å². The maximum Gasteiger partial charge on any atom is -0.000118 e. The molecule has 0 spiro atoms. The summed E-state index contributed by atoms with van der Waals surface area (Å²) in [6, 6.07) is 8.54. The molecule has 0 saturated heterocycles. The number of benzene rings is 1. The first-order valence-electron chi connectivity index (χ1n) is 5.47. The molecule has 1 aromatic carbocycles. The van der Waals surface area contributed by atoms with Crippen LogP contribution in [-0.2, 0) is 0 Å². The van der Waals surface area contributed by atoms with Crippen LogP contribution in [-0.4, -0.2) is 0 Å². The third-order valence-corrected chi connectivity index (χ3v) is 2.43.